The molecule has 2 rings (SSSR count). The first-order valence-electron chi connectivity index (χ1n) is 7.99. The van der Waals surface area contributed by atoms with E-state index in [1.807, 2.05) is 0 Å². The standard InChI is InChI=1S/C16H18O9PS4/c1-27-13-7-3-5-9-15(13)29(18,19)24-11-22-26(17)23-12-25-30(20,21)16-10-6-4-8-14(16)28-2/h3-10H,11-12H2,1-2H3/q+1. The molecule has 0 fully saturated rings. The van der Waals surface area contributed by atoms with Gasteiger partial charge in [-0.05, 0) is 36.8 Å². The molecule has 0 saturated carbocycles. The van der Waals surface area contributed by atoms with E-state index in [2.05, 4.69) is 17.4 Å². The van der Waals surface area contributed by atoms with Crippen LogP contribution in [0, 0.1) is 0 Å². The van der Waals surface area contributed by atoms with Crippen LogP contribution in [0.2, 0.25) is 0 Å². The molecule has 0 bridgehead atoms. The van der Waals surface area contributed by atoms with Crippen LogP contribution in [0.25, 0.3) is 0 Å². The van der Waals surface area contributed by atoms with Gasteiger partial charge in [-0.3, -0.25) is 0 Å². The van der Waals surface area contributed by atoms with Gasteiger partial charge in [0.2, 0.25) is 13.6 Å². The lowest BCUT2D eigenvalue weighted by atomic mass is 10.4. The highest BCUT2D eigenvalue weighted by molar-refractivity contribution is 7.99. The van der Waals surface area contributed by atoms with Crippen molar-refractivity contribution < 1.29 is 38.8 Å². The van der Waals surface area contributed by atoms with Crippen molar-refractivity contribution in [3.63, 3.8) is 0 Å². The number of hydrogen-bond donors (Lipinski definition) is 0. The molecule has 2 aromatic carbocycles. The van der Waals surface area contributed by atoms with E-state index in [4.69, 9.17) is 0 Å². The second-order valence-electron chi connectivity index (χ2n) is 5.16. The van der Waals surface area contributed by atoms with Crippen molar-refractivity contribution in [3.8, 4) is 0 Å². The maximum absolute atomic E-state index is 12.2. The number of benzene rings is 2. The van der Waals surface area contributed by atoms with Gasteiger partial charge in [0.25, 0.3) is 0 Å². The van der Waals surface area contributed by atoms with E-state index in [9.17, 15) is 21.4 Å². The molecular formula is C16H18O9PS4+. The fraction of sp³-hybridized carbons (Fsp3) is 0.250. The maximum atomic E-state index is 12.2. The summed E-state index contributed by atoms with van der Waals surface area (Å²) >= 11 is 2.44. The van der Waals surface area contributed by atoms with Crippen LogP contribution in [-0.4, -0.2) is 42.9 Å². The van der Waals surface area contributed by atoms with Crippen LogP contribution in [0.5, 0.6) is 0 Å². The van der Waals surface area contributed by atoms with E-state index in [0.717, 1.165) is 0 Å². The van der Waals surface area contributed by atoms with Crippen LogP contribution in [0.1, 0.15) is 0 Å². The van der Waals surface area contributed by atoms with Crippen molar-refractivity contribution in [3.05, 3.63) is 48.5 Å². The van der Waals surface area contributed by atoms with Crippen LogP contribution >= 0.6 is 31.8 Å². The fourth-order valence-corrected chi connectivity index (χ4v) is 6.37. The van der Waals surface area contributed by atoms with E-state index < -0.39 is 42.1 Å². The molecule has 0 aliphatic rings. The SMILES string of the molecule is CSc1ccccc1S(=O)(=O)OCO[P+](=O)OCOS(=O)(=O)c1ccccc1SC. The first kappa shape index (κ1) is 25.2. The lowest BCUT2D eigenvalue weighted by Crippen LogP contribution is -2.11. The Hall–Kier alpha value is -1.02. The highest BCUT2D eigenvalue weighted by Crippen LogP contribution is 2.29. The van der Waals surface area contributed by atoms with Gasteiger partial charge in [-0.2, -0.15) is 16.8 Å². The fourth-order valence-electron chi connectivity index (χ4n) is 2.07. The molecular weight excluding hydrogens is 495 g/mol. The molecule has 14 heteroatoms. The first-order chi connectivity index (χ1) is 14.2. The number of rotatable bonds is 12. The molecule has 0 amide bonds. The average Bonchev–Trinajstić information content (AvgIpc) is 2.73. The zero-order valence-corrected chi connectivity index (χ0v) is 19.9. The first-order valence-corrected chi connectivity index (χ1v) is 14.4. The van der Waals surface area contributed by atoms with E-state index >= 15 is 0 Å². The summed E-state index contributed by atoms with van der Waals surface area (Å²) in [4.78, 5) is 0.836. The Morgan fingerprint density at radius 3 is 1.47 bits per heavy atom. The van der Waals surface area contributed by atoms with Crippen molar-refractivity contribution in [1.82, 2.24) is 0 Å². The van der Waals surface area contributed by atoms with Crippen LogP contribution in [-0.2, 0) is 42.2 Å². The van der Waals surface area contributed by atoms with E-state index in [1.54, 1.807) is 36.8 Å². The molecule has 0 aliphatic carbocycles. The summed E-state index contributed by atoms with van der Waals surface area (Å²) in [7, 11) is -11.2. The van der Waals surface area contributed by atoms with Crippen LogP contribution in [0.4, 0.5) is 0 Å². The molecule has 0 aromatic heterocycles. The van der Waals surface area contributed by atoms with Crippen molar-refractivity contribution in [2.45, 2.75) is 19.6 Å². The smallest absolute Gasteiger partial charge is 0.232 e. The molecule has 0 atom stereocenters. The van der Waals surface area contributed by atoms with Crippen molar-refractivity contribution in [1.29, 1.82) is 0 Å². The summed E-state index contributed by atoms with van der Waals surface area (Å²) in [5.41, 5.74) is 0. The van der Waals surface area contributed by atoms with Gasteiger partial charge < -0.3 is 0 Å². The second kappa shape index (κ2) is 11.6. The molecule has 2 aromatic rings. The second-order valence-corrected chi connectivity index (χ2v) is 11.0. The predicted octanol–water partition coefficient (Wildman–Crippen LogP) is 3.85. The molecule has 0 N–H and O–H groups in total. The number of thioether (sulfide) groups is 2. The van der Waals surface area contributed by atoms with Gasteiger partial charge >= 0.3 is 28.5 Å². The Bertz CT molecular complexity index is 1000. The quantitative estimate of drug-likeness (QED) is 0.178. The monoisotopic (exact) mass is 513 g/mol. The van der Waals surface area contributed by atoms with Gasteiger partial charge in [-0.15, -0.1) is 23.5 Å². The van der Waals surface area contributed by atoms with Gasteiger partial charge in [0.15, 0.2) is 0 Å². The van der Waals surface area contributed by atoms with E-state index in [1.165, 1.54) is 47.8 Å². The molecule has 0 radical (unpaired) electrons. The van der Waals surface area contributed by atoms with Gasteiger partial charge in [0.05, 0.1) is 0 Å². The highest BCUT2D eigenvalue weighted by Gasteiger charge is 2.27. The number of hydrogen-bond acceptors (Lipinski definition) is 11. The molecule has 0 saturated heterocycles. The normalized spacial score (nSPS) is 12.1. The predicted molar refractivity (Wildman–Crippen MR) is 112 cm³/mol. The maximum Gasteiger partial charge on any atom is 0.702 e. The van der Waals surface area contributed by atoms with Gasteiger partial charge in [-0.1, -0.05) is 33.3 Å². The molecule has 30 heavy (non-hydrogen) atoms. The van der Waals surface area contributed by atoms with Gasteiger partial charge in [0.1, 0.15) is 9.79 Å². The Morgan fingerprint density at radius 2 is 1.10 bits per heavy atom. The minimum absolute atomic E-state index is 0.0564. The average molecular weight is 514 g/mol. The lowest BCUT2D eigenvalue weighted by molar-refractivity contribution is 0.0752. The topological polar surface area (TPSA) is 122 Å². The molecule has 0 spiro atoms. The largest absolute Gasteiger partial charge is 0.702 e. The van der Waals surface area contributed by atoms with Gasteiger partial charge in [0, 0.05) is 14.4 Å². The van der Waals surface area contributed by atoms with E-state index in [0.29, 0.717) is 9.79 Å². The summed E-state index contributed by atoms with van der Waals surface area (Å²) in [6.07, 6.45) is 3.42. The summed E-state index contributed by atoms with van der Waals surface area (Å²) in [6, 6.07) is 12.4. The third-order valence-electron chi connectivity index (χ3n) is 3.40. The van der Waals surface area contributed by atoms with Gasteiger partial charge in [-0.25, -0.2) is 8.37 Å². The Labute approximate surface area is 184 Å². The van der Waals surface area contributed by atoms with Crippen molar-refractivity contribution >= 4 is 52.0 Å². The summed E-state index contributed by atoms with van der Waals surface area (Å²) in [5, 5.41) is 0. The molecule has 0 unspecified atom stereocenters. The van der Waals surface area contributed by atoms with Crippen molar-refractivity contribution in [2.75, 3.05) is 26.1 Å². The Morgan fingerprint density at radius 1 is 0.733 bits per heavy atom. The molecule has 0 aliphatic heterocycles. The van der Waals surface area contributed by atoms with Crippen LogP contribution in [0.3, 0.4) is 0 Å². The summed E-state index contributed by atoms with van der Waals surface area (Å²) in [6.45, 7) is -1.77. The minimum atomic E-state index is -4.15. The summed E-state index contributed by atoms with van der Waals surface area (Å²) < 4.78 is 79.1. The van der Waals surface area contributed by atoms with Crippen molar-refractivity contribution in [2.24, 2.45) is 0 Å². The zero-order valence-electron chi connectivity index (χ0n) is 15.8. The molecule has 164 valence electrons. The summed E-state index contributed by atoms with van der Waals surface area (Å²) in [5.74, 6) is 0. The van der Waals surface area contributed by atoms with E-state index in [-0.39, 0.29) is 9.79 Å². The third-order valence-corrected chi connectivity index (χ3v) is 8.48. The Kier molecular flexibility index (Phi) is 9.72. The van der Waals surface area contributed by atoms with Crippen LogP contribution < -0.4 is 0 Å². The third kappa shape index (κ3) is 7.01. The highest BCUT2D eigenvalue weighted by atomic mass is 32.2. The lowest BCUT2D eigenvalue weighted by Gasteiger charge is -2.07. The molecule has 0 heterocycles. The Balaban J connectivity index is 1.84. The van der Waals surface area contributed by atoms with Crippen LogP contribution in [0.15, 0.2) is 68.1 Å². The zero-order chi connectivity index (χ0) is 22.2. The molecule has 9 nitrogen and oxygen atoms in total. The minimum Gasteiger partial charge on any atom is -0.232 e.